The lowest BCUT2D eigenvalue weighted by atomic mass is 10.0. The number of aromatic hydroxyl groups is 1. The van der Waals surface area contributed by atoms with Gasteiger partial charge in [0.1, 0.15) is 11.4 Å². The van der Waals surface area contributed by atoms with Crippen molar-refractivity contribution in [1.82, 2.24) is 10.2 Å². The smallest absolute Gasteiger partial charge is 0.416 e. The quantitative estimate of drug-likeness (QED) is 0.473. The average Bonchev–Trinajstić information content (AvgIpc) is 2.69. The molecular weight excluding hydrogens is 367 g/mol. The van der Waals surface area contributed by atoms with Crippen molar-refractivity contribution < 1.29 is 18.3 Å². The third-order valence-electron chi connectivity index (χ3n) is 4.28. The standard InChI is InChI=1S/C21H14F3N3O/c22-21(23,24)14-4-3-5-15(12-14)25-20-18-7-2-1-6-17(18)19(26-27-20)13-8-10-16(28)11-9-13/h1-12,28H,(H,25,27). The Morgan fingerprint density at radius 1 is 0.786 bits per heavy atom. The maximum Gasteiger partial charge on any atom is 0.416 e. The minimum atomic E-state index is -4.42. The van der Waals surface area contributed by atoms with Crippen LogP contribution in [0.1, 0.15) is 5.56 Å². The van der Waals surface area contributed by atoms with E-state index in [1.807, 2.05) is 24.3 Å². The van der Waals surface area contributed by atoms with E-state index in [-0.39, 0.29) is 11.4 Å². The molecule has 3 aromatic carbocycles. The minimum Gasteiger partial charge on any atom is -0.508 e. The van der Waals surface area contributed by atoms with Crippen molar-refractivity contribution in [2.24, 2.45) is 0 Å². The van der Waals surface area contributed by atoms with Gasteiger partial charge in [-0.3, -0.25) is 0 Å². The molecule has 4 nitrogen and oxygen atoms in total. The Bertz CT molecular complexity index is 1140. The molecule has 1 heterocycles. The Kier molecular flexibility index (Phi) is 4.35. The molecule has 0 spiro atoms. The third-order valence-corrected chi connectivity index (χ3v) is 4.28. The molecule has 0 aliphatic rings. The van der Waals surface area contributed by atoms with Gasteiger partial charge in [0, 0.05) is 22.0 Å². The Morgan fingerprint density at radius 2 is 1.50 bits per heavy atom. The number of halogens is 3. The molecule has 7 heteroatoms. The van der Waals surface area contributed by atoms with Crippen molar-refractivity contribution in [2.75, 3.05) is 5.32 Å². The first-order valence-electron chi connectivity index (χ1n) is 8.41. The van der Waals surface area contributed by atoms with Crippen LogP contribution in [-0.4, -0.2) is 15.3 Å². The zero-order valence-electron chi connectivity index (χ0n) is 14.4. The number of phenolic OH excluding ortho intramolecular Hbond substituents is 1. The number of hydrogen-bond donors (Lipinski definition) is 2. The van der Waals surface area contributed by atoms with Crippen molar-refractivity contribution >= 4 is 22.3 Å². The SMILES string of the molecule is Oc1ccc(-c2nnc(Nc3cccc(C(F)(F)F)c3)c3ccccc23)cc1. The van der Waals surface area contributed by atoms with Gasteiger partial charge < -0.3 is 10.4 Å². The first-order chi connectivity index (χ1) is 13.4. The highest BCUT2D eigenvalue weighted by atomic mass is 19.4. The maximum atomic E-state index is 13.0. The molecule has 4 rings (SSSR count). The molecule has 0 fully saturated rings. The van der Waals surface area contributed by atoms with Gasteiger partial charge in [-0.15, -0.1) is 10.2 Å². The van der Waals surface area contributed by atoms with E-state index >= 15 is 0 Å². The van der Waals surface area contributed by atoms with Gasteiger partial charge in [-0.2, -0.15) is 13.2 Å². The van der Waals surface area contributed by atoms with Gasteiger partial charge >= 0.3 is 6.18 Å². The molecule has 2 N–H and O–H groups in total. The van der Waals surface area contributed by atoms with Gasteiger partial charge in [0.25, 0.3) is 0 Å². The average molecular weight is 381 g/mol. The van der Waals surface area contributed by atoms with Gasteiger partial charge in [0.15, 0.2) is 5.82 Å². The highest BCUT2D eigenvalue weighted by Gasteiger charge is 2.30. The van der Waals surface area contributed by atoms with E-state index in [0.717, 1.165) is 28.5 Å². The molecule has 0 saturated heterocycles. The number of hydrogen-bond acceptors (Lipinski definition) is 4. The van der Waals surface area contributed by atoms with Crippen LogP contribution in [0.5, 0.6) is 5.75 Å². The molecule has 0 amide bonds. The lowest BCUT2D eigenvalue weighted by Gasteiger charge is -2.13. The molecule has 0 aliphatic carbocycles. The summed E-state index contributed by atoms with van der Waals surface area (Å²) >= 11 is 0. The van der Waals surface area contributed by atoms with E-state index in [4.69, 9.17) is 0 Å². The fourth-order valence-corrected chi connectivity index (χ4v) is 2.94. The second kappa shape index (κ2) is 6.84. The molecule has 0 aliphatic heterocycles. The van der Waals surface area contributed by atoms with Crippen molar-refractivity contribution in [3.8, 4) is 17.0 Å². The minimum absolute atomic E-state index is 0.142. The van der Waals surface area contributed by atoms with E-state index in [1.54, 1.807) is 30.3 Å². The molecule has 0 unspecified atom stereocenters. The topological polar surface area (TPSA) is 58.0 Å². The van der Waals surface area contributed by atoms with E-state index in [0.29, 0.717) is 11.5 Å². The van der Waals surface area contributed by atoms with Crippen LogP contribution in [-0.2, 0) is 6.18 Å². The molecule has 140 valence electrons. The van der Waals surface area contributed by atoms with Crippen molar-refractivity contribution in [2.45, 2.75) is 6.18 Å². The molecule has 0 bridgehead atoms. The highest BCUT2D eigenvalue weighted by Crippen LogP contribution is 2.34. The van der Waals surface area contributed by atoms with Crippen LogP contribution >= 0.6 is 0 Å². The molecule has 0 atom stereocenters. The van der Waals surface area contributed by atoms with Crippen molar-refractivity contribution in [1.29, 1.82) is 0 Å². The van der Waals surface area contributed by atoms with Crippen molar-refractivity contribution in [3.63, 3.8) is 0 Å². The van der Waals surface area contributed by atoms with Gasteiger partial charge in [0.05, 0.1) is 5.56 Å². The number of phenols is 1. The van der Waals surface area contributed by atoms with Gasteiger partial charge in [0.2, 0.25) is 0 Å². The summed E-state index contributed by atoms with van der Waals surface area (Å²) in [7, 11) is 0. The first-order valence-corrected chi connectivity index (χ1v) is 8.41. The Labute approximate surface area is 158 Å². The van der Waals surface area contributed by atoms with Crippen LogP contribution in [0, 0.1) is 0 Å². The second-order valence-electron chi connectivity index (χ2n) is 6.19. The molecule has 0 saturated carbocycles. The summed E-state index contributed by atoms with van der Waals surface area (Å²) in [4.78, 5) is 0. The number of nitrogens with one attached hydrogen (secondary N) is 1. The van der Waals surface area contributed by atoms with Crippen LogP contribution in [0.15, 0.2) is 72.8 Å². The van der Waals surface area contributed by atoms with E-state index in [2.05, 4.69) is 15.5 Å². The van der Waals surface area contributed by atoms with Crippen LogP contribution < -0.4 is 5.32 Å². The number of aromatic nitrogens is 2. The predicted molar refractivity (Wildman–Crippen MR) is 101 cm³/mol. The maximum absolute atomic E-state index is 13.0. The largest absolute Gasteiger partial charge is 0.508 e. The molecule has 0 radical (unpaired) electrons. The van der Waals surface area contributed by atoms with Gasteiger partial charge in [-0.1, -0.05) is 30.3 Å². The second-order valence-corrected chi connectivity index (χ2v) is 6.19. The van der Waals surface area contributed by atoms with Gasteiger partial charge in [-0.05, 0) is 42.5 Å². The summed E-state index contributed by atoms with van der Waals surface area (Å²) in [5.74, 6) is 0.501. The van der Waals surface area contributed by atoms with E-state index < -0.39 is 11.7 Å². The third kappa shape index (κ3) is 3.46. The summed E-state index contributed by atoms with van der Waals surface area (Å²) in [6.45, 7) is 0. The van der Waals surface area contributed by atoms with Crippen LogP contribution in [0.2, 0.25) is 0 Å². The highest BCUT2D eigenvalue weighted by molar-refractivity contribution is 6.00. The van der Waals surface area contributed by atoms with Crippen LogP contribution in [0.3, 0.4) is 0 Å². The summed E-state index contributed by atoms with van der Waals surface area (Å²) < 4.78 is 38.9. The predicted octanol–water partition coefficient (Wildman–Crippen LogP) is 5.76. The van der Waals surface area contributed by atoms with Crippen molar-refractivity contribution in [3.05, 3.63) is 78.4 Å². The van der Waals surface area contributed by atoms with E-state index in [1.165, 1.54) is 6.07 Å². The Hall–Kier alpha value is -3.61. The zero-order valence-corrected chi connectivity index (χ0v) is 14.4. The molecular formula is C21H14F3N3O. The number of anilines is 2. The Balaban J connectivity index is 1.78. The number of nitrogens with zero attached hydrogens (tertiary/aromatic N) is 2. The summed E-state index contributed by atoms with van der Waals surface area (Å²) in [5.41, 5.74) is 0.916. The van der Waals surface area contributed by atoms with E-state index in [9.17, 15) is 18.3 Å². The number of fused-ring (bicyclic) bond motifs is 1. The summed E-state index contributed by atoms with van der Waals surface area (Å²) in [6, 6.07) is 18.9. The Morgan fingerprint density at radius 3 is 2.21 bits per heavy atom. The van der Waals surface area contributed by atoms with Crippen LogP contribution in [0.4, 0.5) is 24.7 Å². The molecule has 4 aromatic rings. The van der Waals surface area contributed by atoms with Crippen LogP contribution in [0.25, 0.3) is 22.0 Å². The molecule has 28 heavy (non-hydrogen) atoms. The summed E-state index contributed by atoms with van der Waals surface area (Å²) in [6.07, 6.45) is -4.42. The summed E-state index contributed by atoms with van der Waals surface area (Å²) in [5, 5.41) is 22.4. The molecule has 1 aromatic heterocycles. The monoisotopic (exact) mass is 381 g/mol. The number of rotatable bonds is 3. The first kappa shape index (κ1) is 17.8. The fraction of sp³-hybridized carbons (Fsp3) is 0.0476. The zero-order chi connectivity index (χ0) is 19.7. The number of benzene rings is 3. The fourth-order valence-electron chi connectivity index (χ4n) is 2.94. The van der Waals surface area contributed by atoms with Gasteiger partial charge in [-0.25, -0.2) is 0 Å². The lowest BCUT2D eigenvalue weighted by molar-refractivity contribution is -0.137. The normalized spacial score (nSPS) is 11.5. The number of alkyl halides is 3. The lowest BCUT2D eigenvalue weighted by Crippen LogP contribution is -2.05.